The number of carboxylic acid groups (broad SMARTS) is 1. The van der Waals surface area contributed by atoms with Crippen molar-refractivity contribution in [3.63, 3.8) is 0 Å². The fourth-order valence-electron chi connectivity index (χ4n) is 1.61. The predicted octanol–water partition coefficient (Wildman–Crippen LogP) is 1.38. The van der Waals surface area contributed by atoms with Gasteiger partial charge in [0.2, 0.25) is 0 Å². The van der Waals surface area contributed by atoms with Crippen LogP contribution in [-0.4, -0.2) is 22.7 Å². The Balaban J connectivity index is 2.41. The quantitative estimate of drug-likeness (QED) is 0.672. The molecule has 0 aromatic rings. The normalized spacial score (nSPS) is 22.8. The average Bonchev–Trinajstić information content (AvgIpc) is 1.96. The van der Waals surface area contributed by atoms with Crippen LogP contribution in [0.1, 0.15) is 39.5 Å². The second-order valence-electron chi connectivity index (χ2n) is 3.86. The number of rotatable bonds is 4. The zero-order valence-electron chi connectivity index (χ0n) is 7.76. The van der Waals surface area contributed by atoms with Crippen LogP contribution in [0.4, 0.5) is 0 Å². The van der Waals surface area contributed by atoms with E-state index in [4.69, 9.17) is 5.11 Å². The van der Waals surface area contributed by atoms with E-state index >= 15 is 0 Å². The van der Waals surface area contributed by atoms with Crippen molar-refractivity contribution in [1.82, 2.24) is 5.32 Å². The first-order chi connectivity index (χ1) is 5.57. The van der Waals surface area contributed by atoms with Crippen molar-refractivity contribution in [1.29, 1.82) is 0 Å². The van der Waals surface area contributed by atoms with Crippen LogP contribution >= 0.6 is 0 Å². The summed E-state index contributed by atoms with van der Waals surface area (Å²) in [5, 5.41) is 12.0. The summed E-state index contributed by atoms with van der Waals surface area (Å²) in [6.45, 7) is 4.00. The first kappa shape index (κ1) is 9.52. The van der Waals surface area contributed by atoms with Crippen LogP contribution in [0.15, 0.2) is 0 Å². The van der Waals surface area contributed by atoms with Gasteiger partial charge in [0, 0.05) is 5.54 Å². The maximum atomic E-state index is 10.7. The minimum absolute atomic E-state index is 0.0963. The van der Waals surface area contributed by atoms with Gasteiger partial charge in [-0.2, -0.15) is 0 Å². The molecule has 1 saturated carbocycles. The molecule has 0 aromatic carbocycles. The Kier molecular flexibility index (Phi) is 2.73. The maximum Gasteiger partial charge on any atom is 0.320 e. The molecule has 0 radical (unpaired) electrons. The molecule has 12 heavy (non-hydrogen) atoms. The molecule has 1 aliphatic carbocycles. The smallest absolute Gasteiger partial charge is 0.320 e. The molecule has 0 aliphatic heterocycles. The molecular formula is C9H17NO2. The number of hydrogen-bond donors (Lipinski definition) is 2. The SMILES string of the molecule is CCC(NC1(C)CCC1)C(=O)O. The highest BCUT2D eigenvalue weighted by Gasteiger charge is 2.34. The summed E-state index contributed by atoms with van der Waals surface area (Å²) in [6.07, 6.45) is 4.10. The van der Waals surface area contributed by atoms with Gasteiger partial charge in [-0.05, 0) is 32.6 Å². The van der Waals surface area contributed by atoms with E-state index in [1.807, 2.05) is 6.92 Å². The third-order valence-electron chi connectivity index (χ3n) is 2.69. The van der Waals surface area contributed by atoms with E-state index < -0.39 is 5.97 Å². The largest absolute Gasteiger partial charge is 0.480 e. The van der Waals surface area contributed by atoms with E-state index in [9.17, 15) is 4.79 Å². The zero-order valence-corrected chi connectivity index (χ0v) is 7.76. The highest BCUT2D eigenvalue weighted by atomic mass is 16.4. The van der Waals surface area contributed by atoms with E-state index in [1.165, 1.54) is 6.42 Å². The minimum atomic E-state index is -0.731. The summed E-state index contributed by atoms with van der Waals surface area (Å²) in [7, 11) is 0. The summed E-state index contributed by atoms with van der Waals surface area (Å²) in [4.78, 5) is 10.7. The van der Waals surface area contributed by atoms with Crippen LogP contribution in [0.2, 0.25) is 0 Å². The molecule has 0 spiro atoms. The summed E-state index contributed by atoms with van der Waals surface area (Å²) in [5.41, 5.74) is 0.0963. The van der Waals surface area contributed by atoms with Gasteiger partial charge in [0.05, 0.1) is 0 Å². The van der Waals surface area contributed by atoms with Gasteiger partial charge in [-0.3, -0.25) is 10.1 Å². The number of carboxylic acids is 1. The van der Waals surface area contributed by atoms with Crippen LogP contribution < -0.4 is 5.32 Å². The van der Waals surface area contributed by atoms with Crippen LogP contribution in [0, 0.1) is 0 Å². The van der Waals surface area contributed by atoms with Gasteiger partial charge in [-0.1, -0.05) is 6.92 Å². The first-order valence-corrected chi connectivity index (χ1v) is 4.58. The highest BCUT2D eigenvalue weighted by molar-refractivity contribution is 5.73. The van der Waals surface area contributed by atoms with Gasteiger partial charge in [0.1, 0.15) is 6.04 Å². The first-order valence-electron chi connectivity index (χ1n) is 4.58. The molecule has 1 fully saturated rings. The number of hydrogen-bond acceptors (Lipinski definition) is 2. The number of carbonyl (C=O) groups is 1. The molecule has 70 valence electrons. The molecule has 0 aromatic heterocycles. The monoisotopic (exact) mass is 171 g/mol. The van der Waals surface area contributed by atoms with Crippen molar-refractivity contribution in [2.45, 2.75) is 51.1 Å². The minimum Gasteiger partial charge on any atom is -0.480 e. The molecule has 3 heteroatoms. The fourth-order valence-corrected chi connectivity index (χ4v) is 1.61. The standard InChI is InChI=1S/C9H17NO2/c1-3-7(8(11)12)10-9(2)5-4-6-9/h7,10H,3-6H2,1-2H3,(H,11,12). The lowest BCUT2D eigenvalue weighted by Crippen LogP contribution is -2.54. The van der Waals surface area contributed by atoms with Crippen molar-refractivity contribution in [2.24, 2.45) is 0 Å². The van der Waals surface area contributed by atoms with Crippen molar-refractivity contribution in [3.05, 3.63) is 0 Å². The van der Waals surface area contributed by atoms with E-state index in [0.717, 1.165) is 12.8 Å². The Morgan fingerprint density at radius 3 is 2.50 bits per heavy atom. The molecular weight excluding hydrogens is 154 g/mol. The molecule has 0 heterocycles. The molecule has 0 amide bonds. The lowest BCUT2D eigenvalue weighted by molar-refractivity contribution is -0.140. The van der Waals surface area contributed by atoms with Crippen LogP contribution in [0.25, 0.3) is 0 Å². The Morgan fingerprint density at radius 1 is 1.67 bits per heavy atom. The van der Waals surface area contributed by atoms with Gasteiger partial charge in [-0.25, -0.2) is 0 Å². The second kappa shape index (κ2) is 3.44. The Morgan fingerprint density at radius 2 is 2.25 bits per heavy atom. The Bertz CT molecular complexity index is 175. The van der Waals surface area contributed by atoms with Crippen molar-refractivity contribution in [2.75, 3.05) is 0 Å². The number of nitrogens with one attached hydrogen (secondary N) is 1. The van der Waals surface area contributed by atoms with Gasteiger partial charge >= 0.3 is 5.97 Å². The van der Waals surface area contributed by atoms with Gasteiger partial charge < -0.3 is 5.11 Å². The van der Waals surface area contributed by atoms with E-state index in [2.05, 4.69) is 12.2 Å². The fraction of sp³-hybridized carbons (Fsp3) is 0.889. The van der Waals surface area contributed by atoms with Gasteiger partial charge in [-0.15, -0.1) is 0 Å². The maximum absolute atomic E-state index is 10.7. The summed E-state index contributed by atoms with van der Waals surface area (Å²) >= 11 is 0. The Labute approximate surface area is 73.2 Å². The van der Waals surface area contributed by atoms with Crippen molar-refractivity contribution >= 4 is 5.97 Å². The third kappa shape index (κ3) is 1.97. The average molecular weight is 171 g/mol. The zero-order chi connectivity index (χ0) is 9.19. The van der Waals surface area contributed by atoms with Crippen LogP contribution in [0.3, 0.4) is 0 Å². The van der Waals surface area contributed by atoms with Gasteiger partial charge in [0.15, 0.2) is 0 Å². The topological polar surface area (TPSA) is 49.3 Å². The summed E-state index contributed by atoms with van der Waals surface area (Å²) < 4.78 is 0. The predicted molar refractivity (Wildman–Crippen MR) is 47.1 cm³/mol. The second-order valence-corrected chi connectivity index (χ2v) is 3.86. The number of aliphatic carboxylic acids is 1. The van der Waals surface area contributed by atoms with E-state index in [-0.39, 0.29) is 11.6 Å². The molecule has 1 aliphatic rings. The molecule has 3 nitrogen and oxygen atoms in total. The molecule has 1 unspecified atom stereocenters. The molecule has 1 rings (SSSR count). The summed E-state index contributed by atoms with van der Waals surface area (Å²) in [6, 6.07) is -0.365. The van der Waals surface area contributed by atoms with E-state index in [0.29, 0.717) is 6.42 Å². The lowest BCUT2D eigenvalue weighted by Gasteiger charge is -2.41. The van der Waals surface area contributed by atoms with Crippen LogP contribution in [0.5, 0.6) is 0 Å². The lowest BCUT2D eigenvalue weighted by atomic mass is 9.78. The van der Waals surface area contributed by atoms with Crippen LogP contribution in [-0.2, 0) is 4.79 Å². The molecule has 0 bridgehead atoms. The van der Waals surface area contributed by atoms with Gasteiger partial charge in [0.25, 0.3) is 0 Å². The third-order valence-corrected chi connectivity index (χ3v) is 2.69. The molecule has 2 N–H and O–H groups in total. The summed E-state index contributed by atoms with van der Waals surface area (Å²) in [5.74, 6) is -0.731. The van der Waals surface area contributed by atoms with E-state index in [1.54, 1.807) is 0 Å². The molecule has 0 saturated heterocycles. The van der Waals surface area contributed by atoms with Crippen molar-refractivity contribution < 1.29 is 9.90 Å². The molecule has 1 atom stereocenters. The van der Waals surface area contributed by atoms with Crippen molar-refractivity contribution in [3.8, 4) is 0 Å². The highest BCUT2D eigenvalue weighted by Crippen LogP contribution is 2.31. The Hall–Kier alpha value is -0.570.